The van der Waals surface area contributed by atoms with Gasteiger partial charge in [0.25, 0.3) is 0 Å². The Hall–Kier alpha value is 0.0900. The predicted octanol–water partition coefficient (Wildman–Crippen LogP) is -2.59. The van der Waals surface area contributed by atoms with Crippen molar-refractivity contribution < 1.29 is 71.8 Å². The molecule has 2 aromatic rings. The molecule has 3 aliphatic rings. The average molecular weight is 372 g/mol. The maximum atomic E-state index is 11.2. The summed E-state index contributed by atoms with van der Waals surface area (Å²) in [7, 11) is 1.66. The zero-order valence-corrected chi connectivity index (χ0v) is 20.1. The fraction of sp³-hybridized carbons (Fsp3) is 0.450. The summed E-state index contributed by atoms with van der Waals surface area (Å²) in [5, 5.41) is 12.1. The Bertz CT molecular complexity index is 781. The number of methoxy groups -OCH3 is 1. The standard InChI is InChI=1S/C20H24N2O2.2Na.2H/c1-3-13-12-22-9-7-14(13)10-19(22)20(23)16-6-8-21-18-5-4-15(24-2)11-17(16)18;;;;/h3-6,8,11,13-14,19-20,23H,1,7,9-10,12H2,2H3;;;;/q;2*+1;2*-1/t13-,14-,19-,20+;;;;/m0..../s1. The Morgan fingerprint density at radius 2 is 2.19 bits per heavy atom. The van der Waals surface area contributed by atoms with Crippen molar-refractivity contribution in [2.24, 2.45) is 11.8 Å². The van der Waals surface area contributed by atoms with Crippen molar-refractivity contribution in [2.75, 3.05) is 20.2 Å². The average Bonchev–Trinajstić information content (AvgIpc) is 2.66. The van der Waals surface area contributed by atoms with Crippen molar-refractivity contribution in [3.8, 4) is 5.75 Å². The predicted molar refractivity (Wildman–Crippen MR) is 97.3 cm³/mol. The Balaban J connectivity index is 0.00000182. The molecule has 3 fully saturated rings. The molecule has 1 aromatic heterocycles. The van der Waals surface area contributed by atoms with E-state index >= 15 is 0 Å². The first kappa shape index (κ1) is 22.4. The first-order valence-electron chi connectivity index (χ1n) is 8.68. The van der Waals surface area contributed by atoms with Gasteiger partial charge < -0.3 is 12.7 Å². The molecule has 0 radical (unpaired) electrons. The number of aromatic nitrogens is 1. The van der Waals surface area contributed by atoms with E-state index in [0.717, 1.165) is 41.7 Å². The summed E-state index contributed by atoms with van der Waals surface area (Å²) in [5.41, 5.74) is 1.85. The number of piperidine rings is 3. The van der Waals surface area contributed by atoms with E-state index in [0.29, 0.717) is 11.8 Å². The Labute approximate surface area is 202 Å². The molecule has 6 heteroatoms. The second-order valence-corrected chi connectivity index (χ2v) is 6.97. The zero-order chi connectivity index (χ0) is 16.7. The van der Waals surface area contributed by atoms with Gasteiger partial charge in [0.15, 0.2) is 0 Å². The van der Waals surface area contributed by atoms with Gasteiger partial charge in [-0.1, -0.05) is 6.08 Å². The van der Waals surface area contributed by atoms with E-state index in [1.54, 1.807) is 13.3 Å². The molecule has 2 bridgehead atoms. The van der Waals surface area contributed by atoms with E-state index < -0.39 is 6.10 Å². The summed E-state index contributed by atoms with van der Waals surface area (Å²) < 4.78 is 5.35. The molecule has 4 nitrogen and oxygen atoms in total. The third-order valence-electron chi connectivity index (χ3n) is 5.82. The molecular formula is C20H26N2Na2O2. The van der Waals surface area contributed by atoms with E-state index in [1.165, 1.54) is 6.42 Å². The molecule has 3 aliphatic heterocycles. The number of aliphatic hydroxyl groups excluding tert-OH is 1. The first-order valence-corrected chi connectivity index (χ1v) is 8.68. The van der Waals surface area contributed by atoms with Crippen LogP contribution < -0.4 is 63.9 Å². The summed E-state index contributed by atoms with van der Waals surface area (Å²) in [6.45, 7) is 6.07. The van der Waals surface area contributed by atoms with Crippen molar-refractivity contribution in [1.29, 1.82) is 0 Å². The van der Waals surface area contributed by atoms with Crippen LogP contribution in [-0.4, -0.2) is 41.2 Å². The Kier molecular flexibility index (Phi) is 8.20. The van der Waals surface area contributed by atoms with Gasteiger partial charge in [0.2, 0.25) is 0 Å². The molecule has 1 unspecified atom stereocenters. The van der Waals surface area contributed by atoms with Crippen molar-refractivity contribution in [3.63, 3.8) is 0 Å². The van der Waals surface area contributed by atoms with Gasteiger partial charge in [0.05, 0.1) is 18.7 Å². The van der Waals surface area contributed by atoms with E-state index in [2.05, 4.69) is 22.5 Å². The Morgan fingerprint density at radius 3 is 2.85 bits per heavy atom. The smallest absolute Gasteiger partial charge is 1.00 e. The fourth-order valence-corrected chi connectivity index (χ4v) is 4.44. The zero-order valence-electron chi connectivity index (χ0n) is 18.1. The number of benzene rings is 1. The van der Waals surface area contributed by atoms with Crippen molar-refractivity contribution in [1.82, 2.24) is 9.88 Å². The molecule has 5 rings (SSSR count). The fourth-order valence-electron chi connectivity index (χ4n) is 4.44. The van der Waals surface area contributed by atoms with Gasteiger partial charge >= 0.3 is 59.1 Å². The molecule has 0 amide bonds. The number of rotatable bonds is 4. The van der Waals surface area contributed by atoms with Crippen LogP contribution in [-0.2, 0) is 0 Å². The molecule has 1 N–H and O–H groups in total. The van der Waals surface area contributed by atoms with E-state index in [1.807, 2.05) is 24.3 Å². The van der Waals surface area contributed by atoms with Crippen LogP contribution in [0.4, 0.5) is 0 Å². The van der Waals surface area contributed by atoms with Crippen LogP contribution in [0.2, 0.25) is 0 Å². The van der Waals surface area contributed by atoms with Gasteiger partial charge in [0, 0.05) is 24.2 Å². The third-order valence-corrected chi connectivity index (χ3v) is 5.82. The third kappa shape index (κ3) is 4.08. The molecule has 130 valence electrons. The summed E-state index contributed by atoms with van der Waals surface area (Å²) in [4.78, 5) is 6.86. The number of hydrogen-bond donors (Lipinski definition) is 1. The first-order chi connectivity index (χ1) is 11.7. The number of nitrogens with zero attached hydrogens (tertiary/aromatic N) is 2. The van der Waals surface area contributed by atoms with E-state index in [4.69, 9.17) is 4.74 Å². The minimum absolute atomic E-state index is 0. The van der Waals surface area contributed by atoms with Crippen LogP contribution >= 0.6 is 0 Å². The van der Waals surface area contributed by atoms with Gasteiger partial charge in [-0.2, -0.15) is 0 Å². The molecule has 3 saturated heterocycles. The van der Waals surface area contributed by atoms with Crippen molar-refractivity contribution in [2.45, 2.75) is 25.0 Å². The molecule has 26 heavy (non-hydrogen) atoms. The van der Waals surface area contributed by atoms with Gasteiger partial charge in [-0.05, 0) is 61.1 Å². The minimum Gasteiger partial charge on any atom is -1.00 e. The summed E-state index contributed by atoms with van der Waals surface area (Å²) in [6.07, 6.45) is 5.62. The maximum Gasteiger partial charge on any atom is 1.00 e. The molecule has 0 spiro atoms. The monoisotopic (exact) mass is 372 g/mol. The van der Waals surface area contributed by atoms with E-state index in [9.17, 15) is 5.11 Å². The topological polar surface area (TPSA) is 45.6 Å². The van der Waals surface area contributed by atoms with Crippen LogP contribution in [0.5, 0.6) is 5.75 Å². The number of pyridine rings is 1. The molecular weight excluding hydrogens is 346 g/mol. The van der Waals surface area contributed by atoms with Gasteiger partial charge in [-0.3, -0.25) is 9.88 Å². The molecule has 4 heterocycles. The second kappa shape index (κ2) is 9.53. The van der Waals surface area contributed by atoms with Crippen LogP contribution in [0.15, 0.2) is 43.1 Å². The minimum atomic E-state index is -0.504. The number of aliphatic hydroxyl groups is 1. The summed E-state index contributed by atoms with van der Waals surface area (Å²) >= 11 is 0. The maximum absolute atomic E-state index is 11.2. The van der Waals surface area contributed by atoms with Crippen LogP contribution in [0.3, 0.4) is 0 Å². The van der Waals surface area contributed by atoms with Crippen molar-refractivity contribution >= 4 is 10.9 Å². The largest absolute Gasteiger partial charge is 1.00 e. The number of ether oxygens (including phenoxy) is 1. The van der Waals surface area contributed by atoms with Crippen molar-refractivity contribution in [3.05, 3.63) is 48.7 Å². The van der Waals surface area contributed by atoms with Crippen LogP contribution in [0, 0.1) is 11.8 Å². The normalized spacial score (nSPS) is 27.9. The number of fused-ring (bicyclic) bond motifs is 4. The van der Waals surface area contributed by atoms with Crippen LogP contribution in [0.1, 0.15) is 27.4 Å². The van der Waals surface area contributed by atoms with Crippen LogP contribution in [0.25, 0.3) is 10.9 Å². The molecule has 1 aromatic carbocycles. The quantitative estimate of drug-likeness (QED) is 0.473. The Morgan fingerprint density at radius 1 is 1.38 bits per heavy atom. The molecule has 5 atom stereocenters. The van der Waals surface area contributed by atoms with Gasteiger partial charge in [0.1, 0.15) is 5.75 Å². The molecule has 0 aliphatic carbocycles. The van der Waals surface area contributed by atoms with Gasteiger partial charge in [-0.25, -0.2) is 0 Å². The summed E-state index contributed by atoms with van der Waals surface area (Å²) in [6, 6.07) is 7.96. The summed E-state index contributed by atoms with van der Waals surface area (Å²) in [5.74, 6) is 2.01. The van der Waals surface area contributed by atoms with Gasteiger partial charge in [-0.15, -0.1) is 6.58 Å². The van der Waals surface area contributed by atoms with E-state index in [-0.39, 0.29) is 68.0 Å². The number of hydrogen-bond acceptors (Lipinski definition) is 4. The SMILES string of the molecule is C=C[C@H]1CN2CC[C@H]1C[C@H]2[C@H](O)c1ccnc2ccc(OC)cc12.[H-].[H-].[Na+].[Na+]. The second-order valence-electron chi connectivity index (χ2n) is 6.97. The molecule has 0 saturated carbocycles.